The van der Waals surface area contributed by atoms with Gasteiger partial charge in [-0.3, -0.25) is 4.79 Å². The molecule has 0 saturated heterocycles. The number of hydrogen-bond acceptors (Lipinski definition) is 6. The molecule has 1 amide bonds. The molecule has 2 aromatic heterocycles. The largest absolute Gasteiger partial charge is 0.497 e. The van der Waals surface area contributed by atoms with Gasteiger partial charge in [0.05, 0.1) is 7.11 Å². The van der Waals surface area contributed by atoms with Crippen molar-refractivity contribution in [2.45, 2.75) is 20.4 Å². The first kappa shape index (κ1) is 17.8. The van der Waals surface area contributed by atoms with Crippen LogP contribution in [0, 0.1) is 13.8 Å². The van der Waals surface area contributed by atoms with E-state index in [1.54, 1.807) is 7.11 Å². The van der Waals surface area contributed by atoms with Crippen molar-refractivity contribution in [3.8, 4) is 17.3 Å². The lowest BCUT2D eigenvalue weighted by Gasteiger charge is -2.05. The Morgan fingerprint density at radius 2 is 2.00 bits per heavy atom. The number of nitrogens with one attached hydrogen (secondary N) is 1. The third-order valence-corrected chi connectivity index (χ3v) is 4.67. The van der Waals surface area contributed by atoms with Crippen LogP contribution in [0.1, 0.15) is 27.4 Å². The van der Waals surface area contributed by atoms with Crippen molar-refractivity contribution in [2.75, 3.05) is 7.11 Å². The Morgan fingerprint density at radius 3 is 2.79 bits per heavy atom. The molecular formula is C21H19N3O4. The van der Waals surface area contributed by atoms with Crippen LogP contribution in [0.2, 0.25) is 0 Å². The minimum Gasteiger partial charge on any atom is -0.497 e. The van der Waals surface area contributed by atoms with Gasteiger partial charge in [0.2, 0.25) is 5.82 Å². The number of hydrogen-bond donors (Lipinski definition) is 1. The summed E-state index contributed by atoms with van der Waals surface area (Å²) in [7, 11) is 1.61. The number of carbonyl (C=O) groups is 1. The fourth-order valence-corrected chi connectivity index (χ4v) is 3.01. The highest BCUT2D eigenvalue weighted by Crippen LogP contribution is 2.33. The number of rotatable bonds is 5. The van der Waals surface area contributed by atoms with Gasteiger partial charge in [-0.15, -0.1) is 0 Å². The molecule has 0 aliphatic carbocycles. The van der Waals surface area contributed by atoms with E-state index in [2.05, 4.69) is 15.5 Å². The van der Waals surface area contributed by atoms with Crippen molar-refractivity contribution < 1.29 is 18.5 Å². The van der Waals surface area contributed by atoms with Crippen molar-refractivity contribution in [1.29, 1.82) is 0 Å². The smallest absolute Gasteiger partial charge is 0.316 e. The third kappa shape index (κ3) is 3.22. The van der Waals surface area contributed by atoms with Gasteiger partial charge in [0, 0.05) is 17.5 Å². The molecule has 0 spiro atoms. The molecule has 0 atom stereocenters. The number of amides is 1. The van der Waals surface area contributed by atoms with Crippen molar-refractivity contribution in [3.63, 3.8) is 0 Å². The van der Waals surface area contributed by atoms with Crippen LogP contribution in [0.4, 0.5) is 0 Å². The van der Waals surface area contributed by atoms with Crippen LogP contribution < -0.4 is 10.1 Å². The van der Waals surface area contributed by atoms with E-state index in [1.165, 1.54) is 0 Å². The van der Waals surface area contributed by atoms with Crippen molar-refractivity contribution in [3.05, 3.63) is 65.0 Å². The van der Waals surface area contributed by atoms with Gasteiger partial charge < -0.3 is 19.0 Å². The molecular weight excluding hydrogens is 358 g/mol. The average molecular weight is 377 g/mol. The molecule has 2 aromatic carbocycles. The summed E-state index contributed by atoms with van der Waals surface area (Å²) >= 11 is 0. The van der Waals surface area contributed by atoms with E-state index in [9.17, 15) is 4.79 Å². The second-order valence-electron chi connectivity index (χ2n) is 6.45. The Labute approximate surface area is 161 Å². The van der Waals surface area contributed by atoms with Crippen LogP contribution in [0.3, 0.4) is 0 Å². The van der Waals surface area contributed by atoms with E-state index in [0.29, 0.717) is 17.9 Å². The first-order valence-corrected chi connectivity index (χ1v) is 8.80. The SMILES string of the molecule is COc1ccc2oc(-c3noc(C(=O)NCc4ccccc4C)n3)c(C)c2c1. The summed E-state index contributed by atoms with van der Waals surface area (Å²) in [6.45, 7) is 4.27. The van der Waals surface area contributed by atoms with Crippen molar-refractivity contribution in [2.24, 2.45) is 0 Å². The number of furan rings is 1. The lowest BCUT2D eigenvalue weighted by atomic mass is 10.1. The Kier molecular flexibility index (Phi) is 4.57. The van der Waals surface area contributed by atoms with Crippen LogP contribution in [0.15, 0.2) is 51.4 Å². The highest BCUT2D eigenvalue weighted by atomic mass is 16.5. The number of carbonyl (C=O) groups excluding carboxylic acids is 1. The number of fused-ring (bicyclic) bond motifs is 1. The zero-order valence-electron chi connectivity index (χ0n) is 15.8. The molecule has 0 unspecified atom stereocenters. The van der Waals surface area contributed by atoms with Crippen LogP contribution in [-0.2, 0) is 6.54 Å². The molecule has 4 aromatic rings. The second kappa shape index (κ2) is 7.19. The number of ether oxygens (including phenoxy) is 1. The van der Waals surface area contributed by atoms with Crippen LogP contribution in [0.5, 0.6) is 5.75 Å². The summed E-state index contributed by atoms with van der Waals surface area (Å²) in [6, 6.07) is 13.4. The summed E-state index contributed by atoms with van der Waals surface area (Å²) in [5, 5.41) is 7.59. The van der Waals surface area contributed by atoms with E-state index >= 15 is 0 Å². The van der Waals surface area contributed by atoms with E-state index in [-0.39, 0.29) is 11.7 Å². The maximum atomic E-state index is 12.4. The highest BCUT2D eigenvalue weighted by Gasteiger charge is 2.21. The summed E-state index contributed by atoms with van der Waals surface area (Å²) in [5.74, 6) is 0.879. The predicted molar refractivity (Wildman–Crippen MR) is 103 cm³/mol. The number of benzene rings is 2. The third-order valence-electron chi connectivity index (χ3n) is 4.67. The zero-order valence-corrected chi connectivity index (χ0v) is 15.8. The zero-order chi connectivity index (χ0) is 19.7. The molecule has 2 heterocycles. The molecule has 0 fully saturated rings. The first-order valence-electron chi connectivity index (χ1n) is 8.80. The Balaban J connectivity index is 1.56. The Hall–Kier alpha value is -3.61. The molecule has 7 heteroatoms. The monoisotopic (exact) mass is 377 g/mol. The number of methoxy groups -OCH3 is 1. The van der Waals surface area contributed by atoms with Gasteiger partial charge >= 0.3 is 11.8 Å². The molecule has 0 bridgehead atoms. The number of aryl methyl sites for hydroxylation is 2. The Bertz CT molecular complexity index is 1160. The number of aromatic nitrogens is 2. The molecule has 1 N–H and O–H groups in total. The summed E-state index contributed by atoms with van der Waals surface area (Å²) in [5.41, 5.74) is 3.66. The molecule has 0 saturated carbocycles. The van der Waals surface area contributed by atoms with Gasteiger partial charge in [-0.25, -0.2) is 0 Å². The summed E-state index contributed by atoms with van der Waals surface area (Å²) in [6.07, 6.45) is 0. The molecule has 0 aliphatic rings. The van der Waals surface area contributed by atoms with E-state index < -0.39 is 5.91 Å². The van der Waals surface area contributed by atoms with Gasteiger partial charge in [-0.2, -0.15) is 4.98 Å². The molecule has 0 aliphatic heterocycles. The maximum absolute atomic E-state index is 12.4. The van der Waals surface area contributed by atoms with Gasteiger partial charge in [0.25, 0.3) is 0 Å². The second-order valence-corrected chi connectivity index (χ2v) is 6.45. The maximum Gasteiger partial charge on any atom is 0.316 e. The van der Waals surface area contributed by atoms with Crippen molar-refractivity contribution >= 4 is 16.9 Å². The van der Waals surface area contributed by atoms with Crippen LogP contribution in [-0.4, -0.2) is 23.2 Å². The molecule has 0 radical (unpaired) electrons. The molecule has 7 nitrogen and oxygen atoms in total. The van der Waals surface area contributed by atoms with Gasteiger partial charge in [-0.1, -0.05) is 29.4 Å². The van der Waals surface area contributed by atoms with Gasteiger partial charge in [0.15, 0.2) is 5.76 Å². The topological polar surface area (TPSA) is 90.4 Å². The minimum atomic E-state index is -0.433. The standard InChI is InChI=1S/C21H19N3O4/c1-12-6-4-5-7-14(12)11-22-20(25)21-23-19(24-28-21)18-13(2)16-10-15(26-3)8-9-17(16)27-18/h4-10H,11H2,1-3H3,(H,22,25). The molecule has 142 valence electrons. The quantitative estimate of drug-likeness (QED) is 0.564. The predicted octanol–water partition coefficient (Wildman–Crippen LogP) is 4.04. The van der Waals surface area contributed by atoms with Gasteiger partial charge in [0.1, 0.15) is 11.3 Å². The Morgan fingerprint density at radius 1 is 1.18 bits per heavy atom. The number of nitrogens with zero attached hydrogens (tertiary/aromatic N) is 2. The van der Waals surface area contributed by atoms with E-state index in [4.69, 9.17) is 13.7 Å². The average Bonchev–Trinajstić information content (AvgIpc) is 3.32. The summed E-state index contributed by atoms with van der Waals surface area (Å²) < 4.78 is 16.2. The summed E-state index contributed by atoms with van der Waals surface area (Å²) in [4.78, 5) is 16.6. The fraction of sp³-hybridized carbons (Fsp3) is 0.190. The molecule has 4 rings (SSSR count). The van der Waals surface area contributed by atoms with Crippen LogP contribution in [0.25, 0.3) is 22.6 Å². The lowest BCUT2D eigenvalue weighted by molar-refractivity contribution is 0.0907. The fourth-order valence-electron chi connectivity index (χ4n) is 3.01. The van der Waals surface area contributed by atoms with E-state index in [0.717, 1.165) is 27.8 Å². The first-order chi connectivity index (χ1) is 13.6. The van der Waals surface area contributed by atoms with Gasteiger partial charge in [-0.05, 0) is 43.2 Å². The normalized spacial score (nSPS) is 11.0. The highest BCUT2D eigenvalue weighted by molar-refractivity contribution is 5.91. The lowest BCUT2D eigenvalue weighted by Crippen LogP contribution is -2.23. The van der Waals surface area contributed by atoms with Crippen LogP contribution >= 0.6 is 0 Å². The minimum absolute atomic E-state index is 0.110. The molecule has 28 heavy (non-hydrogen) atoms. The van der Waals surface area contributed by atoms with E-state index in [1.807, 2.05) is 56.3 Å². The van der Waals surface area contributed by atoms with Crippen molar-refractivity contribution in [1.82, 2.24) is 15.5 Å².